The molecule has 4 saturated heterocycles. The average molecular weight is 310 g/mol. The van der Waals surface area contributed by atoms with E-state index in [2.05, 4.69) is 10.6 Å². The third kappa shape index (κ3) is 2.62. The van der Waals surface area contributed by atoms with Crippen molar-refractivity contribution >= 4 is 23.0 Å². The predicted molar refractivity (Wildman–Crippen MR) is 80.6 cm³/mol. The summed E-state index contributed by atoms with van der Waals surface area (Å²) in [6.07, 6.45) is 0. The highest BCUT2D eigenvalue weighted by Gasteiger charge is 2.57. The molecule has 112 valence electrons. The van der Waals surface area contributed by atoms with Gasteiger partial charge in [-0.3, -0.25) is 0 Å². The van der Waals surface area contributed by atoms with Gasteiger partial charge in [0, 0.05) is 5.69 Å². The normalized spacial score (nSPS) is 36.5. The van der Waals surface area contributed by atoms with E-state index in [0.717, 1.165) is 25.3 Å². The van der Waals surface area contributed by atoms with Crippen LogP contribution in [-0.2, 0) is 0 Å². The van der Waals surface area contributed by atoms with Crippen molar-refractivity contribution in [2.45, 2.75) is 5.54 Å². The summed E-state index contributed by atoms with van der Waals surface area (Å²) >= 11 is 5.46. The molecule has 7 heteroatoms. The van der Waals surface area contributed by atoms with E-state index in [1.165, 1.54) is 32.1 Å². The van der Waals surface area contributed by atoms with Crippen LogP contribution in [0.4, 0.5) is 10.1 Å². The maximum atomic E-state index is 12.9. The smallest absolute Gasteiger partial charge is 0.213 e. The molecule has 0 spiro atoms. The lowest BCUT2D eigenvalue weighted by atomic mass is 9.91. The van der Waals surface area contributed by atoms with E-state index in [9.17, 15) is 4.39 Å². The van der Waals surface area contributed by atoms with Crippen molar-refractivity contribution in [3.63, 3.8) is 0 Å². The lowest BCUT2D eigenvalue weighted by Gasteiger charge is -2.52. The number of benzene rings is 1. The van der Waals surface area contributed by atoms with Gasteiger partial charge in [0.2, 0.25) is 20.0 Å². The van der Waals surface area contributed by atoms with Crippen molar-refractivity contribution in [2.75, 3.05) is 45.0 Å². The summed E-state index contributed by atoms with van der Waals surface area (Å²) in [5.41, 5.74) is 0.936. The van der Waals surface area contributed by atoms with Crippen molar-refractivity contribution < 1.29 is 19.1 Å². The minimum absolute atomic E-state index is 0.110. The van der Waals surface area contributed by atoms with Crippen molar-refractivity contribution in [1.82, 2.24) is 5.32 Å². The molecule has 4 aliphatic rings. The molecular weight excluding hydrogens is 289 g/mol. The number of rotatable bonds is 2. The van der Waals surface area contributed by atoms with Crippen LogP contribution in [0.5, 0.6) is 0 Å². The van der Waals surface area contributed by atoms with Gasteiger partial charge in [-0.25, -0.2) is 19.1 Å². The topological polar surface area (TPSA) is 37.4 Å². The molecule has 1 aromatic carbocycles. The van der Waals surface area contributed by atoms with E-state index in [1.807, 2.05) is 0 Å². The van der Waals surface area contributed by atoms with E-state index < -0.39 is 0 Å². The van der Waals surface area contributed by atoms with Gasteiger partial charge >= 0.3 is 0 Å². The molecular formula is C14H21FN5S+3. The highest BCUT2D eigenvalue weighted by molar-refractivity contribution is 7.80. The van der Waals surface area contributed by atoms with E-state index in [1.54, 1.807) is 26.8 Å². The van der Waals surface area contributed by atoms with Gasteiger partial charge in [0.15, 0.2) is 10.7 Å². The first-order valence-electron chi connectivity index (χ1n) is 7.46. The Kier molecular flexibility index (Phi) is 3.11. The largest absolute Gasteiger partial charge is 0.342 e. The lowest BCUT2D eigenvalue weighted by molar-refractivity contribution is -1.29. The SMILES string of the molecule is Fc1ccc(NC(=S)NC23C[NH+]4C[NH+](C[NH+](C4)C2)C3)cc1. The van der Waals surface area contributed by atoms with Gasteiger partial charge in [0.05, 0.1) is 0 Å². The Morgan fingerprint density at radius 2 is 1.52 bits per heavy atom. The first-order valence-corrected chi connectivity index (χ1v) is 7.87. The molecule has 1 aromatic rings. The number of hydrogen-bond donors (Lipinski definition) is 5. The summed E-state index contributed by atoms with van der Waals surface area (Å²) in [6.45, 7) is 7.16. The molecule has 21 heavy (non-hydrogen) atoms. The molecule has 0 radical (unpaired) electrons. The summed E-state index contributed by atoms with van der Waals surface area (Å²) in [5.74, 6) is -0.232. The van der Waals surface area contributed by atoms with Crippen LogP contribution < -0.4 is 25.3 Å². The third-order valence-electron chi connectivity index (χ3n) is 4.75. The molecule has 0 unspecified atom stereocenters. The van der Waals surface area contributed by atoms with E-state index in [0.29, 0.717) is 5.11 Å². The van der Waals surface area contributed by atoms with E-state index in [4.69, 9.17) is 12.2 Å². The van der Waals surface area contributed by atoms with Gasteiger partial charge in [0.25, 0.3) is 0 Å². The molecule has 0 aromatic heterocycles. The van der Waals surface area contributed by atoms with Crippen LogP contribution >= 0.6 is 12.2 Å². The van der Waals surface area contributed by atoms with Gasteiger partial charge in [-0.1, -0.05) is 0 Å². The van der Waals surface area contributed by atoms with Gasteiger partial charge < -0.3 is 10.6 Å². The van der Waals surface area contributed by atoms with Crippen molar-refractivity contribution in [3.8, 4) is 0 Å². The minimum atomic E-state index is -0.232. The number of hydrogen-bond acceptors (Lipinski definition) is 1. The number of quaternary nitrogens is 3. The fourth-order valence-electron chi connectivity index (χ4n) is 4.32. The quantitative estimate of drug-likeness (QED) is 0.367. The molecule has 5 rings (SSSR count). The molecule has 5 N–H and O–H groups in total. The van der Waals surface area contributed by atoms with E-state index >= 15 is 0 Å². The molecule has 0 atom stereocenters. The number of nitrogens with one attached hydrogen (secondary N) is 5. The molecule has 4 aliphatic heterocycles. The van der Waals surface area contributed by atoms with Gasteiger partial charge in [-0.2, -0.15) is 0 Å². The Labute approximate surface area is 128 Å². The maximum Gasteiger partial charge on any atom is 0.213 e. The van der Waals surface area contributed by atoms with Crippen LogP contribution in [0.15, 0.2) is 24.3 Å². The predicted octanol–water partition coefficient (Wildman–Crippen LogP) is -3.58. The number of halogens is 1. The summed E-state index contributed by atoms with van der Waals surface area (Å²) < 4.78 is 12.9. The summed E-state index contributed by atoms with van der Waals surface area (Å²) in [6, 6.07) is 6.30. The lowest BCUT2D eigenvalue weighted by Crippen LogP contribution is -3.56. The molecule has 5 nitrogen and oxygen atoms in total. The van der Waals surface area contributed by atoms with Crippen LogP contribution in [0, 0.1) is 5.82 Å². The minimum Gasteiger partial charge on any atom is -0.342 e. The molecule has 0 aliphatic carbocycles. The zero-order valence-corrected chi connectivity index (χ0v) is 12.7. The Morgan fingerprint density at radius 3 is 2.05 bits per heavy atom. The molecule has 0 amide bonds. The molecule has 4 fully saturated rings. The second-order valence-electron chi connectivity index (χ2n) is 6.68. The monoisotopic (exact) mass is 310 g/mol. The zero-order chi connectivity index (χ0) is 14.4. The number of anilines is 1. The third-order valence-corrected chi connectivity index (χ3v) is 4.95. The van der Waals surface area contributed by atoms with Crippen LogP contribution in [-0.4, -0.2) is 50.3 Å². The fourth-order valence-corrected chi connectivity index (χ4v) is 4.65. The van der Waals surface area contributed by atoms with Crippen LogP contribution in [0.25, 0.3) is 0 Å². The number of thiocarbonyl (C=S) groups is 1. The summed E-state index contributed by atoms with van der Waals surface area (Å²) in [5, 5.41) is 7.37. The molecule has 4 heterocycles. The standard InChI is InChI=1S/C14H18FN5S/c15-11-1-3-12(4-2-11)16-13(21)17-14-5-18-8-19(6-14)10-20(7-14)9-18/h1-4H,5-10H2,(H2,16,17,21)/p+3. The van der Waals surface area contributed by atoms with Crippen molar-refractivity contribution in [2.24, 2.45) is 0 Å². The summed E-state index contributed by atoms with van der Waals surface area (Å²) in [7, 11) is 0. The Bertz CT molecular complexity index is 526. The Morgan fingerprint density at radius 1 is 1.00 bits per heavy atom. The van der Waals surface area contributed by atoms with Gasteiger partial charge in [0.1, 0.15) is 25.5 Å². The van der Waals surface area contributed by atoms with Gasteiger partial charge in [-0.15, -0.1) is 0 Å². The van der Waals surface area contributed by atoms with Crippen LogP contribution in [0.3, 0.4) is 0 Å². The average Bonchev–Trinajstić information content (AvgIpc) is 2.39. The maximum absolute atomic E-state index is 12.9. The van der Waals surface area contributed by atoms with E-state index in [-0.39, 0.29) is 11.4 Å². The first kappa shape index (κ1) is 13.4. The second kappa shape index (κ2) is 4.88. The summed E-state index contributed by atoms with van der Waals surface area (Å²) in [4.78, 5) is 5.00. The Hall–Kier alpha value is -1.28. The Balaban J connectivity index is 1.43. The molecule has 0 saturated carbocycles. The fraction of sp³-hybridized carbons (Fsp3) is 0.500. The van der Waals surface area contributed by atoms with Gasteiger partial charge in [-0.05, 0) is 36.5 Å². The second-order valence-corrected chi connectivity index (χ2v) is 7.09. The zero-order valence-electron chi connectivity index (χ0n) is 11.8. The molecule has 4 bridgehead atoms. The van der Waals surface area contributed by atoms with Crippen LogP contribution in [0.2, 0.25) is 0 Å². The van der Waals surface area contributed by atoms with Crippen LogP contribution in [0.1, 0.15) is 0 Å². The highest BCUT2D eigenvalue weighted by atomic mass is 32.1. The first-order chi connectivity index (χ1) is 10.1. The van der Waals surface area contributed by atoms with Crippen molar-refractivity contribution in [1.29, 1.82) is 0 Å². The van der Waals surface area contributed by atoms with Crippen molar-refractivity contribution in [3.05, 3.63) is 30.1 Å². The highest BCUT2D eigenvalue weighted by Crippen LogP contribution is 2.09.